The standard InChI is InChI=1S/C16H11NO2/c1-2-16(18)19-15-10-6-9-13(14(15)11-17)12-7-4-3-5-8-12/h2-10H,1H2. The van der Waals surface area contributed by atoms with Gasteiger partial charge in [-0.1, -0.05) is 49.0 Å². The lowest BCUT2D eigenvalue weighted by atomic mass is 10.00. The Morgan fingerprint density at radius 1 is 1.16 bits per heavy atom. The van der Waals surface area contributed by atoms with Crippen molar-refractivity contribution in [1.29, 1.82) is 5.26 Å². The first kappa shape index (κ1) is 12.6. The molecule has 3 nitrogen and oxygen atoms in total. The number of carbonyl (C=O) groups is 1. The van der Waals surface area contributed by atoms with Gasteiger partial charge in [-0.2, -0.15) is 5.26 Å². The van der Waals surface area contributed by atoms with Gasteiger partial charge in [0.05, 0.1) is 0 Å². The van der Waals surface area contributed by atoms with E-state index in [1.54, 1.807) is 12.1 Å². The van der Waals surface area contributed by atoms with Crippen LogP contribution in [0.4, 0.5) is 0 Å². The van der Waals surface area contributed by atoms with Crippen LogP contribution >= 0.6 is 0 Å². The molecule has 2 rings (SSSR count). The number of nitriles is 1. The maximum Gasteiger partial charge on any atom is 0.335 e. The van der Waals surface area contributed by atoms with Gasteiger partial charge in [0.1, 0.15) is 17.4 Å². The topological polar surface area (TPSA) is 50.1 Å². The first-order valence-corrected chi connectivity index (χ1v) is 5.69. The van der Waals surface area contributed by atoms with E-state index in [2.05, 4.69) is 12.6 Å². The fourth-order valence-corrected chi connectivity index (χ4v) is 1.74. The van der Waals surface area contributed by atoms with Crippen LogP contribution in [0.3, 0.4) is 0 Å². The minimum Gasteiger partial charge on any atom is -0.422 e. The van der Waals surface area contributed by atoms with Crippen molar-refractivity contribution in [1.82, 2.24) is 0 Å². The Morgan fingerprint density at radius 2 is 1.89 bits per heavy atom. The van der Waals surface area contributed by atoms with Crippen LogP contribution in [0.25, 0.3) is 11.1 Å². The molecule has 2 aromatic rings. The van der Waals surface area contributed by atoms with Crippen LogP contribution in [-0.2, 0) is 4.79 Å². The first-order valence-electron chi connectivity index (χ1n) is 5.69. The van der Waals surface area contributed by atoms with Crippen LogP contribution in [0.5, 0.6) is 5.75 Å². The molecule has 0 N–H and O–H groups in total. The van der Waals surface area contributed by atoms with Gasteiger partial charge in [-0.15, -0.1) is 0 Å². The average Bonchev–Trinajstić information content (AvgIpc) is 2.47. The molecule has 3 heteroatoms. The van der Waals surface area contributed by atoms with Crippen molar-refractivity contribution in [2.45, 2.75) is 0 Å². The molecular formula is C16H11NO2. The van der Waals surface area contributed by atoms with Crippen LogP contribution in [-0.4, -0.2) is 5.97 Å². The number of hydrogen-bond acceptors (Lipinski definition) is 3. The first-order chi connectivity index (χ1) is 9.26. The van der Waals surface area contributed by atoms with Crippen LogP contribution in [0.2, 0.25) is 0 Å². The highest BCUT2D eigenvalue weighted by Crippen LogP contribution is 2.30. The molecule has 0 heterocycles. The summed E-state index contributed by atoms with van der Waals surface area (Å²) < 4.78 is 5.07. The quantitative estimate of drug-likeness (QED) is 0.476. The van der Waals surface area contributed by atoms with E-state index in [4.69, 9.17) is 4.74 Å². The summed E-state index contributed by atoms with van der Waals surface area (Å²) >= 11 is 0. The van der Waals surface area contributed by atoms with Crippen molar-refractivity contribution in [2.75, 3.05) is 0 Å². The smallest absolute Gasteiger partial charge is 0.335 e. The predicted octanol–water partition coefficient (Wildman–Crippen LogP) is 3.32. The molecular weight excluding hydrogens is 238 g/mol. The Hall–Kier alpha value is -2.86. The monoisotopic (exact) mass is 249 g/mol. The van der Waals surface area contributed by atoms with E-state index in [9.17, 15) is 10.1 Å². The van der Waals surface area contributed by atoms with Crippen LogP contribution < -0.4 is 4.74 Å². The molecule has 0 bridgehead atoms. The van der Waals surface area contributed by atoms with Gasteiger partial charge in [-0.3, -0.25) is 0 Å². The molecule has 0 aliphatic rings. The van der Waals surface area contributed by atoms with Crippen molar-refractivity contribution >= 4 is 5.97 Å². The maximum atomic E-state index is 11.2. The van der Waals surface area contributed by atoms with Crippen LogP contribution in [0.15, 0.2) is 61.2 Å². The molecule has 0 fully saturated rings. The van der Waals surface area contributed by atoms with Crippen molar-refractivity contribution in [3.63, 3.8) is 0 Å². The van der Waals surface area contributed by atoms with Crippen molar-refractivity contribution in [3.8, 4) is 22.9 Å². The average molecular weight is 249 g/mol. The highest BCUT2D eigenvalue weighted by molar-refractivity contribution is 5.85. The highest BCUT2D eigenvalue weighted by atomic mass is 16.5. The molecule has 0 aliphatic heterocycles. The summed E-state index contributed by atoms with van der Waals surface area (Å²) in [6.07, 6.45) is 1.07. The molecule has 0 unspecified atom stereocenters. The molecule has 2 aromatic carbocycles. The van der Waals surface area contributed by atoms with Gasteiger partial charge < -0.3 is 4.74 Å². The molecule has 0 amide bonds. The summed E-state index contributed by atoms with van der Waals surface area (Å²) in [5, 5.41) is 9.28. The normalized spacial score (nSPS) is 9.42. The number of hydrogen-bond donors (Lipinski definition) is 0. The molecule has 0 spiro atoms. The third-order valence-electron chi connectivity index (χ3n) is 2.60. The van der Waals surface area contributed by atoms with Crippen LogP contribution in [0.1, 0.15) is 5.56 Å². The second-order valence-corrected chi connectivity index (χ2v) is 3.78. The van der Waals surface area contributed by atoms with Gasteiger partial charge in [-0.05, 0) is 11.6 Å². The molecule has 92 valence electrons. The summed E-state index contributed by atoms with van der Waals surface area (Å²) in [4.78, 5) is 11.2. The molecule has 0 radical (unpaired) electrons. The fraction of sp³-hybridized carbons (Fsp3) is 0. The summed E-state index contributed by atoms with van der Waals surface area (Å²) in [7, 11) is 0. The van der Waals surface area contributed by atoms with E-state index in [1.165, 1.54) is 0 Å². The minimum atomic E-state index is -0.582. The Bertz CT molecular complexity index is 654. The molecule has 0 saturated heterocycles. The lowest BCUT2D eigenvalue weighted by molar-refractivity contribution is -0.128. The molecule has 0 saturated carbocycles. The summed E-state index contributed by atoms with van der Waals surface area (Å²) in [6, 6.07) is 16.7. The zero-order valence-electron chi connectivity index (χ0n) is 10.2. The third-order valence-corrected chi connectivity index (χ3v) is 2.60. The molecule has 19 heavy (non-hydrogen) atoms. The van der Waals surface area contributed by atoms with Crippen molar-refractivity contribution in [3.05, 3.63) is 66.7 Å². The van der Waals surface area contributed by atoms with Crippen LogP contribution in [0, 0.1) is 11.3 Å². The van der Waals surface area contributed by atoms with Gasteiger partial charge in [0.25, 0.3) is 0 Å². The van der Waals surface area contributed by atoms with Crippen molar-refractivity contribution in [2.24, 2.45) is 0 Å². The second-order valence-electron chi connectivity index (χ2n) is 3.78. The summed E-state index contributed by atoms with van der Waals surface area (Å²) in [5.41, 5.74) is 1.97. The summed E-state index contributed by atoms with van der Waals surface area (Å²) in [5.74, 6) is -0.338. The van der Waals surface area contributed by atoms with Gasteiger partial charge >= 0.3 is 5.97 Å². The predicted molar refractivity (Wildman–Crippen MR) is 72.4 cm³/mol. The van der Waals surface area contributed by atoms with Crippen molar-refractivity contribution < 1.29 is 9.53 Å². The highest BCUT2D eigenvalue weighted by Gasteiger charge is 2.12. The number of carbonyl (C=O) groups excluding carboxylic acids is 1. The zero-order valence-corrected chi connectivity index (χ0v) is 10.2. The van der Waals surface area contributed by atoms with E-state index in [0.717, 1.165) is 17.2 Å². The summed E-state index contributed by atoms with van der Waals surface area (Å²) in [6.45, 7) is 3.34. The number of benzene rings is 2. The van der Waals surface area contributed by atoms with Gasteiger partial charge in [0.2, 0.25) is 0 Å². The van der Waals surface area contributed by atoms with E-state index < -0.39 is 5.97 Å². The van der Waals surface area contributed by atoms with Gasteiger partial charge in [-0.25, -0.2) is 4.79 Å². The molecule has 0 aromatic heterocycles. The van der Waals surface area contributed by atoms with E-state index in [0.29, 0.717) is 5.56 Å². The Labute approximate surface area is 111 Å². The Balaban J connectivity index is 2.52. The van der Waals surface area contributed by atoms with E-state index in [1.807, 2.05) is 36.4 Å². The van der Waals surface area contributed by atoms with E-state index >= 15 is 0 Å². The minimum absolute atomic E-state index is 0.244. The fourth-order valence-electron chi connectivity index (χ4n) is 1.74. The number of ether oxygens (including phenoxy) is 1. The van der Waals surface area contributed by atoms with Gasteiger partial charge in [0.15, 0.2) is 0 Å². The number of esters is 1. The Kier molecular flexibility index (Phi) is 3.75. The molecule has 0 aliphatic carbocycles. The third kappa shape index (κ3) is 2.70. The lowest BCUT2D eigenvalue weighted by Crippen LogP contribution is -2.05. The number of rotatable bonds is 3. The SMILES string of the molecule is C=CC(=O)Oc1cccc(-c2ccccc2)c1C#N. The lowest BCUT2D eigenvalue weighted by Gasteiger charge is -2.08. The maximum absolute atomic E-state index is 11.2. The van der Waals surface area contributed by atoms with E-state index in [-0.39, 0.29) is 5.75 Å². The van der Waals surface area contributed by atoms with Gasteiger partial charge in [0, 0.05) is 11.6 Å². The number of nitrogens with zero attached hydrogens (tertiary/aromatic N) is 1. The second kappa shape index (κ2) is 5.65. The molecule has 0 atom stereocenters. The zero-order chi connectivity index (χ0) is 13.7. The largest absolute Gasteiger partial charge is 0.422 e. The Morgan fingerprint density at radius 3 is 2.53 bits per heavy atom.